The highest BCUT2D eigenvalue weighted by molar-refractivity contribution is 7.91. The van der Waals surface area contributed by atoms with E-state index in [0.717, 1.165) is 42.4 Å². The highest BCUT2D eigenvalue weighted by Crippen LogP contribution is 2.45. The largest absolute Gasteiger partial charge is 0.450 e. The minimum Gasteiger partial charge on any atom is -0.450 e. The van der Waals surface area contributed by atoms with Crippen molar-refractivity contribution in [2.45, 2.75) is 120 Å². The lowest BCUT2D eigenvalue weighted by Gasteiger charge is -2.29. The van der Waals surface area contributed by atoms with Gasteiger partial charge in [0.2, 0.25) is 21.8 Å². The number of hydrogen-bond acceptors (Lipinski definition) is 9. The molecule has 1 unspecified atom stereocenters. The molecule has 0 aromatic heterocycles. The van der Waals surface area contributed by atoms with Crippen LogP contribution in [-0.2, 0) is 47.0 Å². The van der Waals surface area contributed by atoms with E-state index in [2.05, 4.69) is 28.0 Å². The molecule has 5 amide bonds. The predicted molar refractivity (Wildman–Crippen MR) is 191 cm³/mol. The van der Waals surface area contributed by atoms with Crippen LogP contribution in [0.4, 0.5) is 9.59 Å². The molecule has 5 atom stereocenters. The summed E-state index contributed by atoms with van der Waals surface area (Å²) in [5, 5.41) is 4.81. The lowest BCUT2D eigenvalue weighted by molar-refractivity contribution is -0.141. The number of nitrogens with zero attached hydrogens (tertiary/aromatic N) is 2. The monoisotopic (exact) mass is 739 g/mol. The Bertz CT molecular complexity index is 1730. The summed E-state index contributed by atoms with van der Waals surface area (Å²) in [6, 6.07) is 3.71. The summed E-state index contributed by atoms with van der Waals surface area (Å²) in [7, 11) is -3.90. The van der Waals surface area contributed by atoms with Crippen molar-refractivity contribution in [2.24, 2.45) is 5.92 Å². The summed E-state index contributed by atoms with van der Waals surface area (Å²) >= 11 is 0. The molecular formula is C37H49N5O9S. The number of cyclic esters (lactones) is 1. The zero-order valence-corrected chi connectivity index (χ0v) is 30.5. The van der Waals surface area contributed by atoms with E-state index in [1.54, 1.807) is 4.90 Å². The second-order valence-corrected chi connectivity index (χ2v) is 16.5. The van der Waals surface area contributed by atoms with Crippen molar-refractivity contribution in [1.82, 2.24) is 25.2 Å². The van der Waals surface area contributed by atoms with E-state index in [9.17, 15) is 32.4 Å². The van der Waals surface area contributed by atoms with Crippen molar-refractivity contribution in [1.29, 1.82) is 0 Å². The Morgan fingerprint density at radius 2 is 1.94 bits per heavy atom. The smallest absolute Gasteiger partial charge is 0.410 e. The van der Waals surface area contributed by atoms with E-state index in [1.165, 1.54) is 11.0 Å². The van der Waals surface area contributed by atoms with Gasteiger partial charge >= 0.3 is 12.2 Å². The Hall–Kier alpha value is -4.40. The fourth-order valence-corrected chi connectivity index (χ4v) is 8.69. The summed E-state index contributed by atoms with van der Waals surface area (Å²) in [5.74, 6) is -2.63. The fraction of sp³-hybridized carbons (Fsp3) is 0.595. The molecule has 4 bridgehead atoms. The molecule has 2 saturated carbocycles. The van der Waals surface area contributed by atoms with Gasteiger partial charge < -0.3 is 25.0 Å². The van der Waals surface area contributed by atoms with Gasteiger partial charge in [0.15, 0.2) is 0 Å². The average Bonchev–Trinajstić information content (AvgIpc) is 4.00. The normalized spacial score (nSPS) is 28.6. The van der Waals surface area contributed by atoms with Gasteiger partial charge in [-0.25, -0.2) is 18.0 Å². The first-order chi connectivity index (χ1) is 25.0. The molecular weight excluding hydrogens is 691 g/mol. The van der Waals surface area contributed by atoms with Crippen molar-refractivity contribution in [3.05, 3.63) is 53.6 Å². The molecule has 3 heterocycles. The summed E-state index contributed by atoms with van der Waals surface area (Å²) in [6.45, 7) is 6.51. The van der Waals surface area contributed by atoms with Crippen molar-refractivity contribution < 1.29 is 41.9 Å². The molecule has 6 rings (SSSR count). The standard InChI is InChI=1S/C37H49N5O9S/c1-3-5-8-15-30-33(44)42-22-27(19-31(42)32(43)39-37(20-26(37)4-2)34(45)40-52(48,49)28-16-17-28)51-36(47)41-21-25-14-11-13-24(29(25)23-41)12-9-6-7-10-18-50-35(46)38-30/h4,9,11-14,26-28,30-31H,2-3,5-8,10,15-23H2,1H3,(H,38,46)(H,39,43)(H,40,45)/b12-9+/t26-,27-,30?,31+,37+/m1/s1. The molecule has 1 aromatic carbocycles. The van der Waals surface area contributed by atoms with Crippen molar-refractivity contribution in [3.63, 3.8) is 0 Å². The molecule has 52 heavy (non-hydrogen) atoms. The molecule has 282 valence electrons. The Labute approximate surface area is 304 Å². The molecule has 0 spiro atoms. The maximum absolute atomic E-state index is 14.3. The number of alkyl carbamates (subject to hydrolysis) is 1. The number of amides is 5. The number of allylic oxidation sites excluding steroid dienone is 1. The first-order valence-corrected chi connectivity index (χ1v) is 20.0. The minimum absolute atomic E-state index is 0.0684. The predicted octanol–water partition coefficient (Wildman–Crippen LogP) is 3.65. The van der Waals surface area contributed by atoms with Crippen LogP contribution in [0.5, 0.6) is 0 Å². The van der Waals surface area contributed by atoms with Crippen LogP contribution in [0.1, 0.15) is 94.2 Å². The minimum atomic E-state index is -3.90. The first kappa shape index (κ1) is 37.4. The summed E-state index contributed by atoms with van der Waals surface area (Å²) in [4.78, 5) is 71.3. The molecule has 1 aromatic rings. The Kier molecular flexibility index (Phi) is 11.3. The fourth-order valence-electron chi connectivity index (χ4n) is 7.32. The van der Waals surface area contributed by atoms with E-state index in [4.69, 9.17) is 9.47 Å². The maximum Gasteiger partial charge on any atom is 0.410 e. The zero-order valence-electron chi connectivity index (χ0n) is 29.6. The zero-order chi connectivity index (χ0) is 37.0. The highest BCUT2D eigenvalue weighted by Gasteiger charge is 2.62. The first-order valence-electron chi connectivity index (χ1n) is 18.4. The Morgan fingerprint density at radius 1 is 1.13 bits per heavy atom. The maximum atomic E-state index is 14.3. The number of ether oxygens (including phenoxy) is 2. The number of rotatable bonds is 10. The number of sulfonamides is 1. The molecule has 3 fully saturated rings. The van der Waals surface area contributed by atoms with Gasteiger partial charge in [-0.05, 0) is 61.6 Å². The third-order valence-electron chi connectivity index (χ3n) is 10.6. The second-order valence-electron chi connectivity index (χ2n) is 14.5. The van der Waals surface area contributed by atoms with Crippen LogP contribution in [0.25, 0.3) is 6.08 Å². The summed E-state index contributed by atoms with van der Waals surface area (Å²) < 4.78 is 38.8. The lowest BCUT2D eigenvalue weighted by Crippen LogP contribution is -2.58. The summed E-state index contributed by atoms with van der Waals surface area (Å²) in [5.41, 5.74) is 1.47. The van der Waals surface area contributed by atoms with E-state index in [1.807, 2.05) is 31.2 Å². The third kappa shape index (κ3) is 8.29. The number of hydrogen-bond donors (Lipinski definition) is 3. The molecule has 1 saturated heterocycles. The molecule has 3 aliphatic heterocycles. The van der Waals surface area contributed by atoms with Crippen LogP contribution in [0.3, 0.4) is 0 Å². The average molecular weight is 740 g/mol. The third-order valence-corrected chi connectivity index (χ3v) is 12.4. The van der Waals surface area contributed by atoms with E-state index in [-0.39, 0.29) is 26.0 Å². The molecule has 2 aliphatic carbocycles. The van der Waals surface area contributed by atoms with Crippen LogP contribution < -0.4 is 15.4 Å². The van der Waals surface area contributed by atoms with Gasteiger partial charge in [0, 0.05) is 18.9 Å². The van der Waals surface area contributed by atoms with E-state index >= 15 is 0 Å². The number of carbonyl (C=O) groups excluding carboxylic acids is 5. The highest BCUT2D eigenvalue weighted by atomic mass is 32.2. The van der Waals surface area contributed by atoms with Gasteiger partial charge in [0.25, 0.3) is 5.91 Å². The Balaban J connectivity index is 1.25. The second kappa shape index (κ2) is 15.7. The molecule has 5 aliphatic rings. The van der Waals surface area contributed by atoms with Gasteiger partial charge in [-0.2, -0.15) is 0 Å². The van der Waals surface area contributed by atoms with Crippen LogP contribution in [0.2, 0.25) is 0 Å². The van der Waals surface area contributed by atoms with Crippen LogP contribution in [-0.4, -0.2) is 90.3 Å². The van der Waals surface area contributed by atoms with Crippen molar-refractivity contribution in [3.8, 4) is 0 Å². The number of fused-ring (bicyclic) bond motifs is 3. The number of nitrogens with one attached hydrogen (secondary N) is 3. The molecule has 3 N–H and O–H groups in total. The van der Waals surface area contributed by atoms with E-state index < -0.39 is 74.8 Å². The van der Waals surface area contributed by atoms with Gasteiger partial charge in [-0.15, -0.1) is 6.58 Å². The number of carbonyl (C=O) groups is 5. The lowest BCUT2D eigenvalue weighted by atomic mass is 10.0. The van der Waals surface area contributed by atoms with Gasteiger partial charge in [-0.1, -0.05) is 62.6 Å². The van der Waals surface area contributed by atoms with E-state index in [0.29, 0.717) is 45.2 Å². The number of unbranched alkanes of at least 4 members (excludes halogenated alkanes) is 2. The van der Waals surface area contributed by atoms with Crippen molar-refractivity contribution >= 4 is 46.0 Å². The van der Waals surface area contributed by atoms with Gasteiger partial charge in [0.05, 0.1) is 24.9 Å². The van der Waals surface area contributed by atoms with Gasteiger partial charge in [0.1, 0.15) is 23.7 Å². The van der Waals surface area contributed by atoms with Crippen LogP contribution >= 0.6 is 0 Å². The summed E-state index contributed by atoms with van der Waals surface area (Å²) in [6.07, 6.45) is 9.12. The molecule has 0 radical (unpaired) electrons. The van der Waals surface area contributed by atoms with Crippen molar-refractivity contribution in [2.75, 3.05) is 13.2 Å². The molecule has 15 heteroatoms. The van der Waals surface area contributed by atoms with Crippen LogP contribution in [0.15, 0.2) is 36.9 Å². The SMILES string of the molecule is C=C[C@@H]1C[C@@]1(NC(=O)[C@@H]1C[C@@H]2CN1C(=O)C(CCCCC)NC(=O)OCCCC/C=C/c1cccc3c1CN(C3)C(=O)O2)C(=O)NS(=O)(=O)C1CC1. The topological polar surface area (TPSA) is 181 Å². The quantitative estimate of drug-likeness (QED) is 0.239. The Morgan fingerprint density at radius 3 is 2.67 bits per heavy atom. The van der Waals surface area contributed by atoms with Crippen LogP contribution in [0, 0.1) is 5.92 Å². The van der Waals surface area contributed by atoms with Gasteiger partial charge in [-0.3, -0.25) is 24.0 Å². The molecule has 14 nitrogen and oxygen atoms in total. The number of benzene rings is 1.